The molecule has 7 heteroatoms. The average Bonchev–Trinajstić information content (AvgIpc) is 2.58. The molecule has 5 nitrogen and oxygen atoms in total. The summed E-state index contributed by atoms with van der Waals surface area (Å²) in [6.07, 6.45) is 0.943. The number of nitrogens with zero attached hydrogens (tertiary/aromatic N) is 3. The molecule has 1 saturated heterocycles. The van der Waals surface area contributed by atoms with E-state index in [9.17, 15) is 4.79 Å². The van der Waals surface area contributed by atoms with Gasteiger partial charge in [0.2, 0.25) is 5.91 Å². The highest BCUT2D eigenvalue weighted by atomic mass is 35.5. The molecule has 0 saturated carbocycles. The van der Waals surface area contributed by atoms with E-state index >= 15 is 0 Å². The predicted molar refractivity (Wildman–Crippen MR) is 84.8 cm³/mol. The van der Waals surface area contributed by atoms with Crippen LogP contribution in [0, 0.1) is 13.8 Å². The molecule has 1 N–H and O–H groups in total. The molecule has 21 heavy (non-hydrogen) atoms. The minimum absolute atomic E-state index is 0.0579. The zero-order valence-electron chi connectivity index (χ0n) is 12.1. The standard InChI is InChI=1S/C14H17ClN4OS/c1-8-9(2)21-14-12(8)13(15)17-10(18-14)6-19-5-3-4-16-11(20)7-19/h3-7H2,1-2H3,(H,16,20). The van der Waals surface area contributed by atoms with Crippen LogP contribution in [0.15, 0.2) is 0 Å². The number of rotatable bonds is 2. The van der Waals surface area contributed by atoms with E-state index in [-0.39, 0.29) is 5.91 Å². The van der Waals surface area contributed by atoms with Gasteiger partial charge in [0.15, 0.2) is 0 Å². The summed E-state index contributed by atoms with van der Waals surface area (Å²) in [5.41, 5.74) is 1.15. The number of carbonyl (C=O) groups excluding carboxylic acids is 1. The molecule has 2 aromatic rings. The molecule has 3 heterocycles. The smallest absolute Gasteiger partial charge is 0.234 e. The molecule has 0 bridgehead atoms. The molecular weight excluding hydrogens is 308 g/mol. The number of thiophene rings is 1. The molecule has 1 fully saturated rings. The highest BCUT2D eigenvalue weighted by Gasteiger charge is 2.18. The SMILES string of the molecule is Cc1sc2nc(CN3CCCNC(=O)C3)nc(Cl)c2c1C. The first-order valence-electron chi connectivity index (χ1n) is 6.96. The number of amides is 1. The fourth-order valence-electron chi connectivity index (χ4n) is 2.52. The molecule has 1 aliphatic heterocycles. The van der Waals surface area contributed by atoms with Crippen LogP contribution >= 0.6 is 22.9 Å². The van der Waals surface area contributed by atoms with Gasteiger partial charge in [0.1, 0.15) is 15.8 Å². The Kier molecular flexibility index (Phi) is 4.10. The second kappa shape index (κ2) is 5.87. The number of hydrogen-bond acceptors (Lipinski definition) is 5. The maximum Gasteiger partial charge on any atom is 0.234 e. The van der Waals surface area contributed by atoms with Crippen LogP contribution in [0.25, 0.3) is 10.2 Å². The van der Waals surface area contributed by atoms with Gasteiger partial charge in [-0.3, -0.25) is 9.69 Å². The Morgan fingerprint density at radius 2 is 2.19 bits per heavy atom. The Bertz CT molecular complexity index is 700. The van der Waals surface area contributed by atoms with E-state index in [0.717, 1.165) is 35.3 Å². The van der Waals surface area contributed by atoms with Crippen LogP contribution in [0.5, 0.6) is 0 Å². The second-order valence-electron chi connectivity index (χ2n) is 5.31. The number of nitrogens with one attached hydrogen (secondary N) is 1. The number of fused-ring (bicyclic) bond motifs is 1. The summed E-state index contributed by atoms with van der Waals surface area (Å²) in [6, 6.07) is 0. The van der Waals surface area contributed by atoms with Crippen LogP contribution in [0.4, 0.5) is 0 Å². The summed E-state index contributed by atoms with van der Waals surface area (Å²) in [7, 11) is 0. The Labute approximate surface area is 132 Å². The van der Waals surface area contributed by atoms with E-state index in [1.54, 1.807) is 11.3 Å². The van der Waals surface area contributed by atoms with Crippen molar-refractivity contribution in [1.82, 2.24) is 20.2 Å². The fraction of sp³-hybridized carbons (Fsp3) is 0.500. The minimum atomic E-state index is 0.0579. The molecule has 0 aromatic carbocycles. The summed E-state index contributed by atoms with van der Waals surface area (Å²) in [4.78, 5) is 24.8. The maximum atomic E-state index is 11.6. The summed E-state index contributed by atoms with van der Waals surface area (Å²) < 4.78 is 0. The molecule has 112 valence electrons. The average molecular weight is 325 g/mol. The van der Waals surface area contributed by atoms with Crippen LogP contribution in [0.3, 0.4) is 0 Å². The minimum Gasteiger partial charge on any atom is -0.355 e. The number of carbonyl (C=O) groups is 1. The van der Waals surface area contributed by atoms with E-state index in [1.165, 1.54) is 4.88 Å². The lowest BCUT2D eigenvalue weighted by Gasteiger charge is -2.17. The third-order valence-electron chi connectivity index (χ3n) is 3.74. The first-order valence-corrected chi connectivity index (χ1v) is 8.15. The molecule has 0 aliphatic carbocycles. The molecule has 2 aromatic heterocycles. The van der Waals surface area contributed by atoms with Crippen LogP contribution < -0.4 is 5.32 Å². The van der Waals surface area contributed by atoms with Crippen molar-refractivity contribution in [2.45, 2.75) is 26.8 Å². The lowest BCUT2D eigenvalue weighted by Crippen LogP contribution is -2.33. The Hall–Kier alpha value is -1.24. The van der Waals surface area contributed by atoms with E-state index < -0.39 is 0 Å². The number of aromatic nitrogens is 2. The first-order chi connectivity index (χ1) is 10.0. The van der Waals surface area contributed by atoms with Gasteiger partial charge in [-0.15, -0.1) is 11.3 Å². The van der Waals surface area contributed by atoms with Crippen LogP contribution in [-0.4, -0.2) is 40.4 Å². The first kappa shape index (κ1) is 14.7. The predicted octanol–water partition coefficient (Wildman–Crippen LogP) is 2.28. The summed E-state index contributed by atoms with van der Waals surface area (Å²) in [5, 5.41) is 4.33. The van der Waals surface area contributed by atoms with Gasteiger partial charge in [-0.05, 0) is 25.8 Å². The Morgan fingerprint density at radius 1 is 1.38 bits per heavy atom. The zero-order valence-corrected chi connectivity index (χ0v) is 13.6. The van der Waals surface area contributed by atoms with Gasteiger partial charge >= 0.3 is 0 Å². The molecule has 1 amide bonds. The van der Waals surface area contributed by atoms with Gasteiger partial charge in [0.25, 0.3) is 0 Å². The van der Waals surface area contributed by atoms with Crippen molar-refractivity contribution in [2.75, 3.05) is 19.6 Å². The Morgan fingerprint density at radius 3 is 3.00 bits per heavy atom. The maximum absolute atomic E-state index is 11.6. The number of halogens is 1. The van der Waals surface area contributed by atoms with Crippen molar-refractivity contribution in [2.24, 2.45) is 0 Å². The largest absolute Gasteiger partial charge is 0.355 e. The molecule has 0 unspecified atom stereocenters. The van der Waals surface area contributed by atoms with Gasteiger partial charge in [0.05, 0.1) is 18.5 Å². The molecule has 0 spiro atoms. The molecule has 0 atom stereocenters. The lowest BCUT2D eigenvalue weighted by molar-refractivity contribution is -0.121. The van der Waals surface area contributed by atoms with Crippen molar-refractivity contribution in [1.29, 1.82) is 0 Å². The third-order valence-corrected chi connectivity index (χ3v) is 5.11. The Balaban J connectivity index is 1.88. The second-order valence-corrected chi connectivity index (χ2v) is 6.87. The molecule has 0 radical (unpaired) electrons. The van der Waals surface area contributed by atoms with Crippen molar-refractivity contribution < 1.29 is 4.79 Å². The van der Waals surface area contributed by atoms with E-state index in [4.69, 9.17) is 11.6 Å². The van der Waals surface area contributed by atoms with Crippen molar-refractivity contribution >= 4 is 39.1 Å². The monoisotopic (exact) mass is 324 g/mol. The quantitative estimate of drug-likeness (QED) is 0.861. The zero-order chi connectivity index (χ0) is 15.0. The number of aryl methyl sites for hydroxylation is 2. The van der Waals surface area contributed by atoms with Crippen molar-refractivity contribution in [3.63, 3.8) is 0 Å². The van der Waals surface area contributed by atoms with Crippen molar-refractivity contribution in [3.05, 3.63) is 21.4 Å². The fourth-order valence-corrected chi connectivity index (χ4v) is 3.95. The van der Waals surface area contributed by atoms with Gasteiger partial charge < -0.3 is 5.32 Å². The van der Waals surface area contributed by atoms with Crippen molar-refractivity contribution in [3.8, 4) is 0 Å². The van der Waals surface area contributed by atoms with E-state index in [1.807, 2.05) is 6.92 Å². The van der Waals surface area contributed by atoms with Gasteiger partial charge in [-0.2, -0.15) is 0 Å². The van der Waals surface area contributed by atoms with Crippen LogP contribution in [0.1, 0.15) is 22.7 Å². The molecular formula is C14H17ClN4OS. The highest BCUT2D eigenvalue weighted by Crippen LogP contribution is 2.33. The third kappa shape index (κ3) is 3.02. The summed E-state index contributed by atoms with van der Waals surface area (Å²) in [5.74, 6) is 0.742. The van der Waals surface area contributed by atoms with Gasteiger partial charge in [-0.25, -0.2) is 9.97 Å². The topological polar surface area (TPSA) is 58.1 Å². The molecule has 3 rings (SSSR count). The summed E-state index contributed by atoms with van der Waals surface area (Å²) in [6.45, 7) is 6.65. The summed E-state index contributed by atoms with van der Waals surface area (Å²) >= 11 is 7.96. The van der Waals surface area contributed by atoms with E-state index in [0.29, 0.717) is 24.1 Å². The number of hydrogen-bond donors (Lipinski definition) is 1. The lowest BCUT2D eigenvalue weighted by atomic mass is 10.2. The molecule has 1 aliphatic rings. The highest BCUT2D eigenvalue weighted by molar-refractivity contribution is 7.18. The van der Waals surface area contributed by atoms with Gasteiger partial charge in [0, 0.05) is 18.0 Å². The van der Waals surface area contributed by atoms with Crippen LogP contribution in [-0.2, 0) is 11.3 Å². The normalized spacial score (nSPS) is 17.0. The van der Waals surface area contributed by atoms with Crippen LogP contribution in [0.2, 0.25) is 5.15 Å². The van der Waals surface area contributed by atoms with E-state index in [2.05, 4.69) is 27.1 Å². The van der Waals surface area contributed by atoms with Gasteiger partial charge in [-0.1, -0.05) is 11.6 Å².